The molecule has 18 heavy (non-hydrogen) atoms. The Morgan fingerprint density at radius 2 is 2.17 bits per heavy atom. The van der Waals surface area contributed by atoms with E-state index >= 15 is 0 Å². The summed E-state index contributed by atoms with van der Waals surface area (Å²) in [5.41, 5.74) is 3.52. The highest BCUT2D eigenvalue weighted by molar-refractivity contribution is 9.10. The second-order valence-corrected chi connectivity index (χ2v) is 5.94. The number of rotatable bonds is 2. The van der Waals surface area contributed by atoms with Crippen LogP contribution in [0.1, 0.15) is 30.0 Å². The number of hydrogen-bond acceptors (Lipinski definition) is 2. The van der Waals surface area contributed by atoms with Gasteiger partial charge in [-0.1, -0.05) is 36.0 Å². The number of aromatic amines is 1. The van der Waals surface area contributed by atoms with Crippen molar-refractivity contribution < 1.29 is 0 Å². The standard InChI is InChI=1S/C14H13BrN2S/c1-8-3-2-4-10(7-8)13-16-12(9-5-6-9)11(15)14(18)17-13/h2-4,7,9H,5-6H2,1H3,(H,16,17,18). The number of aromatic nitrogens is 2. The molecule has 92 valence electrons. The van der Waals surface area contributed by atoms with Crippen molar-refractivity contribution >= 4 is 28.1 Å². The lowest BCUT2D eigenvalue weighted by Crippen LogP contribution is -1.97. The summed E-state index contributed by atoms with van der Waals surface area (Å²) in [4.78, 5) is 7.90. The van der Waals surface area contributed by atoms with Crippen LogP contribution in [0.15, 0.2) is 28.7 Å². The van der Waals surface area contributed by atoms with Crippen LogP contribution in [0.25, 0.3) is 11.4 Å². The summed E-state index contributed by atoms with van der Waals surface area (Å²) in [6.07, 6.45) is 2.47. The number of halogens is 1. The van der Waals surface area contributed by atoms with Gasteiger partial charge in [-0.05, 0) is 41.8 Å². The van der Waals surface area contributed by atoms with Crippen LogP contribution < -0.4 is 0 Å². The normalized spacial score (nSPS) is 14.8. The largest absolute Gasteiger partial charge is 0.342 e. The Kier molecular flexibility index (Phi) is 3.08. The van der Waals surface area contributed by atoms with Crippen LogP contribution >= 0.6 is 28.1 Å². The van der Waals surface area contributed by atoms with Gasteiger partial charge < -0.3 is 4.98 Å². The quantitative estimate of drug-likeness (QED) is 0.808. The summed E-state index contributed by atoms with van der Waals surface area (Å²) < 4.78 is 1.60. The summed E-state index contributed by atoms with van der Waals surface area (Å²) in [6, 6.07) is 8.31. The minimum Gasteiger partial charge on any atom is -0.342 e. The van der Waals surface area contributed by atoms with Crippen LogP contribution in [0.4, 0.5) is 0 Å². The summed E-state index contributed by atoms with van der Waals surface area (Å²) in [6.45, 7) is 2.08. The smallest absolute Gasteiger partial charge is 0.144 e. The summed E-state index contributed by atoms with van der Waals surface area (Å²) in [5.74, 6) is 1.49. The van der Waals surface area contributed by atoms with Crippen molar-refractivity contribution in [2.45, 2.75) is 25.7 Å². The molecule has 1 aliphatic carbocycles. The zero-order valence-electron chi connectivity index (χ0n) is 10.0. The van der Waals surface area contributed by atoms with Gasteiger partial charge in [0, 0.05) is 17.2 Å². The van der Waals surface area contributed by atoms with Crippen LogP contribution in [0.5, 0.6) is 0 Å². The number of H-pyrrole nitrogens is 1. The van der Waals surface area contributed by atoms with Gasteiger partial charge in [0.25, 0.3) is 0 Å². The van der Waals surface area contributed by atoms with Crippen molar-refractivity contribution in [1.29, 1.82) is 0 Å². The molecule has 1 aromatic heterocycles. The van der Waals surface area contributed by atoms with Gasteiger partial charge >= 0.3 is 0 Å². The van der Waals surface area contributed by atoms with Gasteiger partial charge in [-0.25, -0.2) is 4.98 Å². The first-order valence-corrected chi connectivity index (χ1v) is 7.22. The van der Waals surface area contributed by atoms with Crippen LogP contribution in [-0.4, -0.2) is 9.97 Å². The fourth-order valence-corrected chi connectivity index (χ4v) is 2.77. The van der Waals surface area contributed by atoms with E-state index in [1.54, 1.807) is 0 Å². The molecule has 1 aliphatic rings. The highest BCUT2D eigenvalue weighted by Crippen LogP contribution is 2.42. The number of benzene rings is 1. The maximum Gasteiger partial charge on any atom is 0.144 e. The molecular formula is C14H13BrN2S. The molecule has 1 N–H and O–H groups in total. The second kappa shape index (κ2) is 4.59. The molecule has 0 atom stereocenters. The van der Waals surface area contributed by atoms with Crippen LogP contribution in [0.2, 0.25) is 0 Å². The van der Waals surface area contributed by atoms with Crippen LogP contribution in [-0.2, 0) is 0 Å². The van der Waals surface area contributed by atoms with E-state index in [2.05, 4.69) is 51.0 Å². The molecule has 0 spiro atoms. The molecule has 2 nitrogen and oxygen atoms in total. The van der Waals surface area contributed by atoms with Crippen molar-refractivity contribution in [1.82, 2.24) is 9.97 Å². The molecule has 0 amide bonds. The monoisotopic (exact) mass is 320 g/mol. The van der Waals surface area contributed by atoms with E-state index in [1.807, 2.05) is 6.07 Å². The van der Waals surface area contributed by atoms with E-state index in [-0.39, 0.29) is 0 Å². The van der Waals surface area contributed by atoms with Gasteiger partial charge in [-0.3, -0.25) is 0 Å². The number of nitrogens with one attached hydrogen (secondary N) is 1. The minimum absolute atomic E-state index is 0.618. The summed E-state index contributed by atoms with van der Waals surface area (Å²) in [7, 11) is 0. The maximum absolute atomic E-state index is 5.33. The third-order valence-corrected chi connectivity index (χ3v) is 4.53. The topological polar surface area (TPSA) is 28.7 Å². The molecule has 0 aliphatic heterocycles. The fourth-order valence-electron chi connectivity index (χ4n) is 2.06. The zero-order valence-corrected chi connectivity index (χ0v) is 12.4. The van der Waals surface area contributed by atoms with Crippen molar-refractivity contribution in [2.24, 2.45) is 0 Å². The predicted octanol–water partition coefficient (Wildman–Crippen LogP) is 4.75. The van der Waals surface area contributed by atoms with Gasteiger partial charge in [-0.2, -0.15) is 0 Å². The lowest BCUT2D eigenvalue weighted by Gasteiger charge is -2.08. The van der Waals surface area contributed by atoms with Gasteiger partial charge in [0.05, 0.1) is 4.47 Å². The number of hydrogen-bond donors (Lipinski definition) is 1. The first kappa shape index (κ1) is 12.1. The fraction of sp³-hybridized carbons (Fsp3) is 0.286. The summed E-state index contributed by atoms with van der Waals surface area (Å²) in [5, 5.41) is 0. The minimum atomic E-state index is 0.618. The predicted molar refractivity (Wildman–Crippen MR) is 79.3 cm³/mol. The Bertz CT molecular complexity index is 659. The summed E-state index contributed by atoms with van der Waals surface area (Å²) >= 11 is 8.87. The van der Waals surface area contributed by atoms with Gasteiger partial charge in [0.1, 0.15) is 10.5 Å². The Balaban J connectivity index is 2.15. The molecule has 1 saturated carbocycles. The Hall–Kier alpha value is -1.00. The SMILES string of the molecule is Cc1cccc(-c2nc(=S)c(Br)c(C3CC3)[nH]2)c1. The van der Waals surface area contributed by atoms with Crippen molar-refractivity contribution in [3.63, 3.8) is 0 Å². The lowest BCUT2D eigenvalue weighted by molar-refractivity contribution is 0.972. The lowest BCUT2D eigenvalue weighted by atomic mass is 10.1. The third-order valence-electron chi connectivity index (χ3n) is 3.17. The highest BCUT2D eigenvalue weighted by atomic mass is 79.9. The average Bonchev–Trinajstić information content (AvgIpc) is 3.16. The Morgan fingerprint density at radius 3 is 2.83 bits per heavy atom. The first-order chi connectivity index (χ1) is 8.65. The Labute approximate surface area is 120 Å². The molecule has 2 aromatic rings. The van der Waals surface area contributed by atoms with E-state index in [0.29, 0.717) is 10.6 Å². The van der Waals surface area contributed by atoms with E-state index in [9.17, 15) is 0 Å². The first-order valence-electron chi connectivity index (χ1n) is 6.02. The molecule has 0 saturated heterocycles. The molecule has 3 rings (SSSR count). The van der Waals surface area contributed by atoms with E-state index in [1.165, 1.54) is 24.1 Å². The third kappa shape index (κ3) is 2.27. The Morgan fingerprint density at radius 1 is 1.39 bits per heavy atom. The van der Waals surface area contributed by atoms with Crippen LogP contribution in [0, 0.1) is 11.6 Å². The van der Waals surface area contributed by atoms with E-state index in [4.69, 9.17) is 12.2 Å². The molecule has 0 bridgehead atoms. The van der Waals surface area contributed by atoms with Gasteiger partial charge in [-0.15, -0.1) is 0 Å². The van der Waals surface area contributed by atoms with Gasteiger partial charge in [0.15, 0.2) is 0 Å². The average molecular weight is 321 g/mol. The molecule has 1 fully saturated rings. The van der Waals surface area contributed by atoms with Crippen molar-refractivity contribution in [3.05, 3.63) is 44.6 Å². The number of aryl methyl sites for hydroxylation is 1. The maximum atomic E-state index is 5.33. The number of nitrogens with zero attached hydrogens (tertiary/aromatic N) is 1. The molecule has 1 heterocycles. The molecule has 0 radical (unpaired) electrons. The molecule has 0 unspecified atom stereocenters. The highest BCUT2D eigenvalue weighted by Gasteiger charge is 2.27. The second-order valence-electron chi connectivity index (χ2n) is 4.76. The molecule has 4 heteroatoms. The van der Waals surface area contributed by atoms with Crippen molar-refractivity contribution in [3.8, 4) is 11.4 Å². The van der Waals surface area contributed by atoms with E-state index < -0.39 is 0 Å². The van der Waals surface area contributed by atoms with Crippen molar-refractivity contribution in [2.75, 3.05) is 0 Å². The molecular weight excluding hydrogens is 308 g/mol. The molecule has 1 aromatic carbocycles. The van der Waals surface area contributed by atoms with Crippen LogP contribution in [0.3, 0.4) is 0 Å². The zero-order chi connectivity index (χ0) is 12.7. The van der Waals surface area contributed by atoms with Gasteiger partial charge in [0.2, 0.25) is 0 Å². The van der Waals surface area contributed by atoms with E-state index in [0.717, 1.165) is 15.9 Å².